The molecule has 94 valence electrons. The average Bonchev–Trinajstić information content (AvgIpc) is 2.40. The van der Waals surface area contributed by atoms with Crippen molar-refractivity contribution in [1.29, 1.82) is 5.26 Å². The molecule has 2 rings (SSSR count). The normalized spacial score (nSPS) is 16.1. The fourth-order valence-electron chi connectivity index (χ4n) is 2.11. The molecule has 0 aliphatic carbocycles. The number of piperazine rings is 1. The van der Waals surface area contributed by atoms with E-state index in [4.69, 9.17) is 0 Å². The van der Waals surface area contributed by atoms with Crippen molar-refractivity contribution < 1.29 is 4.79 Å². The van der Waals surface area contributed by atoms with Crippen molar-refractivity contribution in [3.05, 3.63) is 23.8 Å². The van der Waals surface area contributed by atoms with Crippen molar-refractivity contribution >= 4 is 17.8 Å². The molecular formula is C13H16N4O. The van der Waals surface area contributed by atoms with Gasteiger partial charge in [-0.25, -0.2) is 0 Å². The molecule has 0 saturated carbocycles. The second kappa shape index (κ2) is 5.52. The lowest BCUT2D eigenvalue weighted by atomic mass is 10.1. The number of hydrogen-bond acceptors (Lipinski definition) is 4. The second-order valence-electron chi connectivity index (χ2n) is 4.40. The molecule has 1 saturated heterocycles. The molecule has 0 atom stereocenters. The Morgan fingerprint density at radius 1 is 1.33 bits per heavy atom. The van der Waals surface area contributed by atoms with E-state index in [0.717, 1.165) is 31.9 Å². The van der Waals surface area contributed by atoms with Crippen LogP contribution in [0.2, 0.25) is 0 Å². The standard InChI is InChI=1S/C13H16N4O/c1-16-4-6-17(7-5-16)13-3-2-12(15-10-18)8-11(13)9-14/h2-3,8,10H,4-7H2,1H3,(H,15,18). The van der Waals surface area contributed by atoms with E-state index in [1.54, 1.807) is 6.07 Å². The van der Waals surface area contributed by atoms with Gasteiger partial charge in [-0.2, -0.15) is 5.26 Å². The number of nitriles is 1. The van der Waals surface area contributed by atoms with Gasteiger partial charge in [-0.3, -0.25) is 4.79 Å². The van der Waals surface area contributed by atoms with E-state index < -0.39 is 0 Å². The highest BCUT2D eigenvalue weighted by atomic mass is 16.1. The quantitative estimate of drug-likeness (QED) is 0.802. The summed E-state index contributed by atoms with van der Waals surface area (Å²) in [5.74, 6) is 0. The highest BCUT2D eigenvalue weighted by Gasteiger charge is 2.17. The number of hydrogen-bond donors (Lipinski definition) is 1. The number of nitrogens with zero attached hydrogens (tertiary/aromatic N) is 3. The minimum Gasteiger partial charge on any atom is -0.368 e. The van der Waals surface area contributed by atoms with Crippen LogP contribution in [0.5, 0.6) is 0 Å². The molecule has 1 aliphatic heterocycles. The summed E-state index contributed by atoms with van der Waals surface area (Å²) in [7, 11) is 2.10. The fourth-order valence-corrected chi connectivity index (χ4v) is 2.11. The van der Waals surface area contributed by atoms with Crippen LogP contribution in [0.1, 0.15) is 5.56 Å². The van der Waals surface area contributed by atoms with Crippen LogP contribution in [0, 0.1) is 11.3 Å². The number of anilines is 2. The lowest BCUT2D eigenvalue weighted by molar-refractivity contribution is -0.105. The van der Waals surface area contributed by atoms with Gasteiger partial charge in [0.25, 0.3) is 0 Å². The average molecular weight is 244 g/mol. The Bertz CT molecular complexity index is 472. The van der Waals surface area contributed by atoms with E-state index in [1.165, 1.54) is 0 Å². The molecule has 5 nitrogen and oxygen atoms in total. The van der Waals surface area contributed by atoms with E-state index in [-0.39, 0.29) is 0 Å². The van der Waals surface area contributed by atoms with Gasteiger partial charge in [0.05, 0.1) is 11.3 Å². The SMILES string of the molecule is CN1CCN(c2ccc(NC=O)cc2C#N)CC1. The first-order valence-corrected chi connectivity index (χ1v) is 5.92. The van der Waals surface area contributed by atoms with Gasteiger partial charge in [0.2, 0.25) is 6.41 Å². The third kappa shape index (κ3) is 2.60. The molecule has 5 heteroatoms. The zero-order valence-electron chi connectivity index (χ0n) is 10.4. The molecule has 1 aromatic rings. The van der Waals surface area contributed by atoms with Gasteiger partial charge in [0, 0.05) is 31.9 Å². The minimum absolute atomic E-state index is 0.603. The molecular weight excluding hydrogens is 228 g/mol. The Balaban J connectivity index is 2.22. The van der Waals surface area contributed by atoms with Gasteiger partial charge in [0.1, 0.15) is 6.07 Å². The molecule has 0 unspecified atom stereocenters. The van der Waals surface area contributed by atoms with Crippen LogP contribution < -0.4 is 10.2 Å². The van der Waals surface area contributed by atoms with E-state index in [2.05, 4.69) is 28.2 Å². The molecule has 1 fully saturated rings. The fraction of sp³-hybridized carbons (Fsp3) is 0.385. The molecule has 1 heterocycles. The topological polar surface area (TPSA) is 59.4 Å². The molecule has 0 spiro atoms. The molecule has 0 radical (unpaired) electrons. The van der Waals surface area contributed by atoms with Gasteiger partial charge in [-0.05, 0) is 25.2 Å². The number of nitrogens with one attached hydrogen (secondary N) is 1. The van der Waals surface area contributed by atoms with Crippen molar-refractivity contribution in [2.75, 3.05) is 43.4 Å². The Labute approximate surface area is 107 Å². The Kier molecular flexibility index (Phi) is 3.80. The Morgan fingerprint density at radius 2 is 2.06 bits per heavy atom. The molecule has 1 N–H and O–H groups in total. The third-order valence-electron chi connectivity index (χ3n) is 3.19. The summed E-state index contributed by atoms with van der Waals surface area (Å²) in [4.78, 5) is 14.9. The number of carbonyl (C=O) groups excluding carboxylic acids is 1. The van der Waals surface area contributed by atoms with Crippen molar-refractivity contribution in [1.82, 2.24) is 4.90 Å². The first kappa shape index (κ1) is 12.4. The third-order valence-corrected chi connectivity index (χ3v) is 3.19. The van der Waals surface area contributed by atoms with Crippen LogP contribution in [-0.4, -0.2) is 44.5 Å². The monoisotopic (exact) mass is 244 g/mol. The summed E-state index contributed by atoms with van der Waals surface area (Å²) in [6.45, 7) is 3.84. The van der Waals surface area contributed by atoms with Crippen LogP contribution in [0.25, 0.3) is 0 Å². The maximum atomic E-state index is 10.4. The zero-order chi connectivity index (χ0) is 13.0. The predicted octanol–water partition coefficient (Wildman–Crippen LogP) is 0.878. The summed E-state index contributed by atoms with van der Waals surface area (Å²) in [5.41, 5.74) is 2.20. The smallest absolute Gasteiger partial charge is 0.211 e. The number of benzene rings is 1. The Morgan fingerprint density at radius 3 is 2.67 bits per heavy atom. The first-order valence-electron chi connectivity index (χ1n) is 5.92. The van der Waals surface area contributed by atoms with E-state index in [0.29, 0.717) is 17.7 Å². The molecule has 1 amide bonds. The van der Waals surface area contributed by atoms with Crippen molar-refractivity contribution in [2.24, 2.45) is 0 Å². The van der Waals surface area contributed by atoms with Gasteiger partial charge >= 0.3 is 0 Å². The largest absolute Gasteiger partial charge is 0.368 e. The number of likely N-dealkylation sites (N-methyl/N-ethyl adjacent to an activating group) is 1. The molecule has 0 bridgehead atoms. The number of carbonyl (C=O) groups is 1. The van der Waals surface area contributed by atoms with Gasteiger partial charge in [-0.1, -0.05) is 0 Å². The zero-order valence-corrected chi connectivity index (χ0v) is 10.4. The van der Waals surface area contributed by atoms with Crippen molar-refractivity contribution in [3.8, 4) is 6.07 Å². The predicted molar refractivity (Wildman–Crippen MR) is 70.6 cm³/mol. The van der Waals surface area contributed by atoms with Crippen LogP contribution in [0.3, 0.4) is 0 Å². The summed E-state index contributed by atoms with van der Waals surface area (Å²) in [6.07, 6.45) is 0.617. The number of rotatable bonds is 3. The van der Waals surface area contributed by atoms with Gasteiger partial charge in [-0.15, -0.1) is 0 Å². The van der Waals surface area contributed by atoms with Crippen LogP contribution in [-0.2, 0) is 4.79 Å². The van der Waals surface area contributed by atoms with Crippen LogP contribution in [0.15, 0.2) is 18.2 Å². The van der Waals surface area contributed by atoms with Crippen molar-refractivity contribution in [3.63, 3.8) is 0 Å². The van der Waals surface area contributed by atoms with Gasteiger partial charge < -0.3 is 15.1 Å². The molecule has 1 aromatic carbocycles. The summed E-state index contributed by atoms with van der Waals surface area (Å²) in [6, 6.07) is 7.62. The summed E-state index contributed by atoms with van der Waals surface area (Å²) >= 11 is 0. The van der Waals surface area contributed by atoms with Gasteiger partial charge in [0.15, 0.2) is 0 Å². The lowest BCUT2D eigenvalue weighted by Gasteiger charge is -2.34. The number of amides is 1. The molecule has 1 aliphatic rings. The van der Waals surface area contributed by atoms with E-state index in [1.807, 2.05) is 12.1 Å². The van der Waals surface area contributed by atoms with Crippen LogP contribution >= 0.6 is 0 Å². The maximum absolute atomic E-state index is 10.4. The van der Waals surface area contributed by atoms with E-state index >= 15 is 0 Å². The summed E-state index contributed by atoms with van der Waals surface area (Å²) < 4.78 is 0. The highest BCUT2D eigenvalue weighted by molar-refractivity contribution is 5.75. The van der Waals surface area contributed by atoms with Crippen LogP contribution in [0.4, 0.5) is 11.4 Å². The molecule has 0 aromatic heterocycles. The lowest BCUT2D eigenvalue weighted by Crippen LogP contribution is -2.44. The summed E-state index contributed by atoms with van der Waals surface area (Å²) in [5, 5.41) is 11.8. The Hall–Kier alpha value is -2.06. The first-order chi connectivity index (χ1) is 8.74. The highest BCUT2D eigenvalue weighted by Crippen LogP contribution is 2.24. The second-order valence-corrected chi connectivity index (χ2v) is 4.40. The maximum Gasteiger partial charge on any atom is 0.211 e. The molecule has 18 heavy (non-hydrogen) atoms. The van der Waals surface area contributed by atoms with Crippen molar-refractivity contribution in [2.45, 2.75) is 0 Å². The van der Waals surface area contributed by atoms with E-state index in [9.17, 15) is 10.1 Å². The minimum atomic E-state index is 0.603.